The summed E-state index contributed by atoms with van der Waals surface area (Å²) in [5.74, 6) is -0.245. The van der Waals surface area contributed by atoms with E-state index in [2.05, 4.69) is 20.4 Å². The molecule has 6 nitrogen and oxygen atoms in total. The van der Waals surface area contributed by atoms with Crippen LogP contribution in [0.5, 0.6) is 0 Å². The van der Waals surface area contributed by atoms with Crippen LogP contribution < -0.4 is 5.32 Å². The maximum Gasteiger partial charge on any atom is 0.276 e. The van der Waals surface area contributed by atoms with E-state index in [0.29, 0.717) is 16.5 Å². The van der Waals surface area contributed by atoms with Gasteiger partial charge in [-0.15, -0.1) is 0 Å². The highest BCUT2D eigenvalue weighted by Crippen LogP contribution is 2.26. The number of para-hydroxylation sites is 1. The molecule has 7 heteroatoms. The fourth-order valence-electron chi connectivity index (χ4n) is 3.06. The van der Waals surface area contributed by atoms with Gasteiger partial charge in [-0.25, -0.2) is 14.6 Å². The standard InChI is InChI=1S/C23H21N5OS/c1-15-13-16(2)25-23(24-15)30-20-11-9-18(10-12-20)26-22(29)21-14-17(3)28(27-21)19-7-5-4-6-8-19/h4-14H,1-3H3,(H,26,29). The molecule has 1 N–H and O–H groups in total. The lowest BCUT2D eigenvalue weighted by Crippen LogP contribution is -2.13. The number of amides is 1. The van der Waals surface area contributed by atoms with Gasteiger partial charge in [0.2, 0.25) is 0 Å². The zero-order chi connectivity index (χ0) is 21.1. The van der Waals surface area contributed by atoms with Gasteiger partial charge < -0.3 is 5.32 Å². The van der Waals surface area contributed by atoms with Crippen molar-refractivity contribution < 1.29 is 4.79 Å². The van der Waals surface area contributed by atoms with Gasteiger partial charge in [-0.1, -0.05) is 18.2 Å². The Kier molecular flexibility index (Phi) is 5.63. The number of carbonyl (C=O) groups is 1. The van der Waals surface area contributed by atoms with Gasteiger partial charge in [-0.05, 0) is 81.1 Å². The lowest BCUT2D eigenvalue weighted by atomic mass is 10.3. The zero-order valence-corrected chi connectivity index (χ0v) is 17.8. The minimum atomic E-state index is -0.245. The Hall–Kier alpha value is -3.45. The smallest absolute Gasteiger partial charge is 0.276 e. The molecule has 4 rings (SSSR count). The van der Waals surface area contributed by atoms with Crippen molar-refractivity contribution in [1.29, 1.82) is 0 Å². The highest BCUT2D eigenvalue weighted by atomic mass is 32.2. The number of rotatable bonds is 5. The molecule has 0 atom stereocenters. The van der Waals surface area contributed by atoms with Crippen LogP contribution in [-0.2, 0) is 0 Å². The van der Waals surface area contributed by atoms with E-state index in [0.717, 1.165) is 27.7 Å². The molecule has 0 radical (unpaired) electrons. The van der Waals surface area contributed by atoms with Crippen LogP contribution in [0.3, 0.4) is 0 Å². The molecule has 0 aliphatic heterocycles. The van der Waals surface area contributed by atoms with Gasteiger partial charge >= 0.3 is 0 Å². The minimum absolute atomic E-state index is 0.245. The van der Waals surface area contributed by atoms with E-state index < -0.39 is 0 Å². The lowest BCUT2D eigenvalue weighted by Gasteiger charge is -2.06. The van der Waals surface area contributed by atoms with Crippen molar-refractivity contribution >= 4 is 23.4 Å². The number of hydrogen-bond acceptors (Lipinski definition) is 5. The largest absolute Gasteiger partial charge is 0.321 e. The highest BCUT2D eigenvalue weighted by Gasteiger charge is 2.13. The molecule has 0 fully saturated rings. The van der Waals surface area contributed by atoms with E-state index in [9.17, 15) is 4.79 Å². The molecule has 0 unspecified atom stereocenters. The van der Waals surface area contributed by atoms with Crippen LogP contribution in [0.1, 0.15) is 27.6 Å². The zero-order valence-electron chi connectivity index (χ0n) is 17.0. The number of nitrogens with one attached hydrogen (secondary N) is 1. The number of aryl methyl sites for hydroxylation is 3. The van der Waals surface area contributed by atoms with Crippen molar-refractivity contribution in [3.05, 3.63) is 89.5 Å². The predicted octanol–water partition coefficient (Wildman–Crippen LogP) is 4.99. The van der Waals surface area contributed by atoms with Crippen molar-refractivity contribution in [2.45, 2.75) is 30.8 Å². The fourth-order valence-corrected chi connectivity index (χ4v) is 3.92. The Morgan fingerprint density at radius 1 is 0.900 bits per heavy atom. The second-order valence-electron chi connectivity index (χ2n) is 6.93. The van der Waals surface area contributed by atoms with Gasteiger partial charge in [0, 0.05) is 27.7 Å². The van der Waals surface area contributed by atoms with Crippen molar-refractivity contribution in [2.24, 2.45) is 0 Å². The van der Waals surface area contributed by atoms with Gasteiger partial charge in [0.15, 0.2) is 10.9 Å². The lowest BCUT2D eigenvalue weighted by molar-refractivity contribution is 0.102. The monoisotopic (exact) mass is 415 g/mol. The first-order chi connectivity index (χ1) is 14.5. The number of carbonyl (C=O) groups excluding carboxylic acids is 1. The Bertz CT molecular complexity index is 1170. The van der Waals surface area contributed by atoms with Crippen LogP contribution in [0.2, 0.25) is 0 Å². The quantitative estimate of drug-likeness (QED) is 0.465. The van der Waals surface area contributed by atoms with E-state index >= 15 is 0 Å². The highest BCUT2D eigenvalue weighted by molar-refractivity contribution is 7.99. The third-order valence-electron chi connectivity index (χ3n) is 4.40. The summed E-state index contributed by atoms with van der Waals surface area (Å²) in [7, 11) is 0. The second-order valence-corrected chi connectivity index (χ2v) is 7.97. The molecule has 0 bridgehead atoms. The molecule has 150 valence electrons. The maximum atomic E-state index is 12.6. The van der Waals surface area contributed by atoms with Gasteiger partial charge in [-0.2, -0.15) is 5.10 Å². The average molecular weight is 416 g/mol. The summed E-state index contributed by atoms with van der Waals surface area (Å²) in [6.45, 7) is 5.84. The molecule has 1 amide bonds. The Labute approximate surface area is 179 Å². The molecule has 2 heterocycles. The van der Waals surface area contributed by atoms with Crippen molar-refractivity contribution in [3.8, 4) is 5.69 Å². The normalized spacial score (nSPS) is 10.8. The number of nitrogens with zero attached hydrogens (tertiary/aromatic N) is 4. The summed E-state index contributed by atoms with van der Waals surface area (Å²) in [6.07, 6.45) is 0. The van der Waals surface area contributed by atoms with Gasteiger partial charge in [0.05, 0.1) is 5.69 Å². The summed E-state index contributed by atoms with van der Waals surface area (Å²) in [5.41, 5.74) is 4.78. The van der Waals surface area contributed by atoms with Crippen LogP contribution in [-0.4, -0.2) is 25.7 Å². The Morgan fingerprint density at radius 3 is 2.23 bits per heavy atom. The summed E-state index contributed by atoms with van der Waals surface area (Å²) in [5, 5.41) is 8.07. The van der Waals surface area contributed by atoms with Gasteiger partial charge in [0.25, 0.3) is 5.91 Å². The van der Waals surface area contributed by atoms with Crippen LogP contribution in [0.15, 0.2) is 76.8 Å². The van der Waals surface area contributed by atoms with Gasteiger partial charge in [0.1, 0.15) is 0 Å². The molecule has 30 heavy (non-hydrogen) atoms. The second kappa shape index (κ2) is 8.51. The molecular weight excluding hydrogens is 394 g/mol. The summed E-state index contributed by atoms with van der Waals surface area (Å²) < 4.78 is 1.76. The van der Waals surface area contributed by atoms with E-state index in [1.807, 2.05) is 81.4 Å². The predicted molar refractivity (Wildman–Crippen MR) is 118 cm³/mol. The molecule has 0 saturated carbocycles. The summed E-state index contributed by atoms with van der Waals surface area (Å²) in [6, 6.07) is 21.1. The van der Waals surface area contributed by atoms with Crippen LogP contribution in [0.4, 0.5) is 5.69 Å². The summed E-state index contributed by atoms with van der Waals surface area (Å²) >= 11 is 1.49. The third kappa shape index (κ3) is 4.58. The van der Waals surface area contributed by atoms with Crippen LogP contribution in [0, 0.1) is 20.8 Å². The molecular formula is C23H21N5OS. The van der Waals surface area contributed by atoms with E-state index in [1.54, 1.807) is 10.7 Å². The van der Waals surface area contributed by atoms with E-state index in [4.69, 9.17) is 0 Å². The number of hydrogen-bond donors (Lipinski definition) is 1. The van der Waals surface area contributed by atoms with E-state index in [1.165, 1.54) is 11.8 Å². The first-order valence-electron chi connectivity index (χ1n) is 9.51. The van der Waals surface area contributed by atoms with Gasteiger partial charge in [-0.3, -0.25) is 4.79 Å². The number of aromatic nitrogens is 4. The molecule has 0 spiro atoms. The molecule has 2 aromatic carbocycles. The Morgan fingerprint density at radius 2 is 1.57 bits per heavy atom. The molecule has 2 aromatic heterocycles. The van der Waals surface area contributed by atoms with E-state index in [-0.39, 0.29) is 5.91 Å². The van der Waals surface area contributed by atoms with Crippen LogP contribution in [0.25, 0.3) is 5.69 Å². The average Bonchev–Trinajstić information content (AvgIpc) is 3.11. The number of benzene rings is 2. The van der Waals surface area contributed by atoms with Crippen molar-refractivity contribution in [3.63, 3.8) is 0 Å². The Balaban J connectivity index is 1.45. The molecule has 0 aliphatic rings. The van der Waals surface area contributed by atoms with Crippen molar-refractivity contribution in [2.75, 3.05) is 5.32 Å². The van der Waals surface area contributed by atoms with Crippen molar-refractivity contribution in [1.82, 2.24) is 19.7 Å². The number of anilines is 1. The van der Waals surface area contributed by atoms with Crippen LogP contribution >= 0.6 is 11.8 Å². The SMILES string of the molecule is Cc1cc(C)nc(Sc2ccc(NC(=O)c3cc(C)n(-c4ccccc4)n3)cc2)n1. The molecule has 0 saturated heterocycles. The summed E-state index contributed by atoms with van der Waals surface area (Å²) in [4.78, 5) is 22.5. The maximum absolute atomic E-state index is 12.6. The molecule has 4 aromatic rings. The minimum Gasteiger partial charge on any atom is -0.321 e. The topological polar surface area (TPSA) is 72.7 Å². The molecule has 0 aliphatic carbocycles. The first-order valence-corrected chi connectivity index (χ1v) is 10.3. The fraction of sp³-hybridized carbons (Fsp3) is 0.130. The third-order valence-corrected chi connectivity index (χ3v) is 5.28. The first kappa shape index (κ1) is 19.8.